The first kappa shape index (κ1) is 11.2. The van der Waals surface area contributed by atoms with Crippen molar-refractivity contribution in [3.63, 3.8) is 0 Å². The second-order valence-electron chi connectivity index (χ2n) is 4.60. The minimum atomic E-state index is -0.741. The van der Waals surface area contributed by atoms with E-state index < -0.39 is 5.97 Å². The van der Waals surface area contributed by atoms with Gasteiger partial charge in [0, 0.05) is 18.7 Å². The predicted molar refractivity (Wildman–Crippen MR) is 60.4 cm³/mol. The Morgan fingerprint density at radius 3 is 3.00 bits per heavy atom. The van der Waals surface area contributed by atoms with Crippen LogP contribution in [0.5, 0.6) is 0 Å². The molecule has 0 spiro atoms. The zero-order valence-electron chi connectivity index (χ0n) is 9.86. The van der Waals surface area contributed by atoms with Crippen LogP contribution in [0.3, 0.4) is 0 Å². The smallest absolute Gasteiger partial charge is 0.306 e. The number of imidazole rings is 1. The summed E-state index contributed by atoms with van der Waals surface area (Å²) in [6.45, 7) is 4.78. The van der Waals surface area contributed by atoms with Gasteiger partial charge in [-0.15, -0.1) is 0 Å². The van der Waals surface area contributed by atoms with Crippen LogP contribution in [0.1, 0.15) is 37.0 Å². The Balaban J connectivity index is 2.24. The zero-order chi connectivity index (χ0) is 11.7. The van der Waals surface area contributed by atoms with Crippen molar-refractivity contribution in [2.75, 3.05) is 0 Å². The van der Waals surface area contributed by atoms with Crippen molar-refractivity contribution >= 4 is 5.97 Å². The van der Waals surface area contributed by atoms with Crippen LogP contribution in [-0.4, -0.2) is 20.6 Å². The largest absolute Gasteiger partial charge is 0.481 e. The second kappa shape index (κ2) is 4.28. The highest BCUT2D eigenvalue weighted by atomic mass is 16.4. The van der Waals surface area contributed by atoms with E-state index in [2.05, 4.69) is 9.55 Å². The normalized spacial score (nSPS) is 16.9. The standard InChI is InChI=1S/C12H18N2O2/c1-8(12(15)16)7-10-11-5-3-4-6-14(11)9(2)13-10/h8H,3-7H2,1-2H3,(H,15,16). The van der Waals surface area contributed by atoms with Crippen LogP contribution in [0.2, 0.25) is 0 Å². The molecule has 0 aliphatic carbocycles. The first-order chi connectivity index (χ1) is 7.59. The molecule has 0 amide bonds. The van der Waals surface area contributed by atoms with Crippen LogP contribution in [0.15, 0.2) is 0 Å². The number of carboxylic acids is 1. The van der Waals surface area contributed by atoms with Gasteiger partial charge in [0.15, 0.2) is 0 Å². The lowest BCUT2D eigenvalue weighted by atomic mass is 10.0. The van der Waals surface area contributed by atoms with E-state index in [0.29, 0.717) is 6.42 Å². The van der Waals surface area contributed by atoms with Gasteiger partial charge in [0.2, 0.25) is 0 Å². The SMILES string of the molecule is Cc1nc(CC(C)C(=O)O)c2n1CCCC2. The van der Waals surface area contributed by atoms with Gasteiger partial charge in [-0.05, 0) is 26.2 Å². The highest BCUT2D eigenvalue weighted by Crippen LogP contribution is 2.22. The number of fused-ring (bicyclic) bond motifs is 1. The van der Waals surface area contributed by atoms with Gasteiger partial charge in [0.05, 0.1) is 11.6 Å². The number of aliphatic carboxylic acids is 1. The van der Waals surface area contributed by atoms with E-state index in [-0.39, 0.29) is 5.92 Å². The van der Waals surface area contributed by atoms with Gasteiger partial charge in [-0.25, -0.2) is 4.98 Å². The predicted octanol–water partition coefficient (Wildman–Crippen LogP) is 1.79. The summed E-state index contributed by atoms with van der Waals surface area (Å²) in [7, 11) is 0. The van der Waals surface area contributed by atoms with Gasteiger partial charge in [-0.2, -0.15) is 0 Å². The van der Waals surface area contributed by atoms with Gasteiger partial charge < -0.3 is 9.67 Å². The van der Waals surface area contributed by atoms with Crippen LogP contribution < -0.4 is 0 Å². The van der Waals surface area contributed by atoms with E-state index in [1.807, 2.05) is 6.92 Å². The minimum absolute atomic E-state index is 0.346. The summed E-state index contributed by atoms with van der Waals surface area (Å²) in [6, 6.07) is 0. The summed E-state index contributed by atoms with van der Waals surface area (Å²) in [4.78, 5) is 15.4. The van der Waals surface area contributed by atoms with Gasteiger partial charge >= 0.3 is 5.97 Å². The molecule has 1 atom stereocenters. The summed E-state index contributed by atoms with van der Waals surface area (Å²) in [5, 5.41) is 8.92. The van der Waals surface area contributed by atoms with Crippen molar-refractivity contribution in [1.29, 1.82) is 0 Å². The van der Waals surface area contributed by atoms with Crippen molar-refractivity contribution in [3.05, 3.63) is 17.2 Å². The van der Waals surface area contributed by atoms with Gasteiger partial charge in [-0.3, -0.25) is 4.79 Å². The van der Waals surface area contributed by atoms with Crippen molar-refractivity contribution in [2.24, 2.45) is 5.92 Å². The molecule has 1 N–H and O–H groups in total. The zero-order valence-corrected chi connectivity index (χ0v) is 9.86. The van der Waals surface area contributed by atoms with E-state index in [9.17, 15) is 4.79 Å². The molecule has 16 heavy (non-hydrogen) atoms. The quantitative estimate of drug-likeness (QED) is 0.848. The molecule has 2 rings (SSSR count). The van der Waals surface area contributed by atoms with Crippen molar-refractivity contribution in [1.82, 2.24) is 9.55 Å². The molecule has 0 saturated carbocycles. The van der Waals surface area contributed by atoms with Crippen LogP contribution in [0.25, 0.3) is 0 Å². The number of aryl methyl sites for hydroxylation is 1. The Bertz CT molecular complexity index is 409. The third-order valence-corrected chi connectivity index (χ3v) is 3.31. The highest BCUT2D eigenvalue weighted by molar-refractivity contribution is 5.69. The van der Waals surface area contributed by atoms with Crippen molar-refractivity contribution < 1.29 is 9.90 Å². The summed E-state index contributed by atoms with van der Waals surface area (Å²) in [5.74, 6) is -0.0570. The number of hydrogen-bond acceptors (Lipinski definition) is 2. The van der Waals surface area contributed by atoms with Crippen molar-refractivity contribution in [2.45, 2.75) is 46.1 Å². The summed E-state index contributed by atoms with van der Waals surface area (Å²) in [5.41, 5.74) is 2.25. The third-order valence-electron chi connectivity index (χ3n) is 3.31. The van der Waals surface area contributed by atoms with Gasteiger partial charge in [0.1, 0.15) is 5.82 Å². The number of carbonyl (C=O) groups is 1. The lowest BCUT2D eigenvalue weighted by Crippen LogP contribution is -2.16. The van der Waals surface area contributed by atoms with Crippen LogP contribution in [0, 0.1) is 12.8 Å². The van der Waals surface area contributed by atoms with Crippen LogP contribution >= 0.6 is 0 Å². The molecule has 1 unspecified atom stereocenters. The average Bonchev–Trinajstić information content (AvgIpc) is 2.57. The fraction of sp³-hybridized carbons (Fsp3) is 0.667. The van der Waals surface area contributed by atoms with E-state index in [0.717, 1.165) is 24.5 Å². The first-order valence-corrected chi connectivity index (χ1v) is 5.87. The topological polar surface area (TPSA) is 55.1 Å². The summed E-state index contributed by atoms with van der Waals surface area (Å²) < 4.78 is 2.24. The van der Waals surface area contributed by atoms with Gasteiger partial charge in [0.25, 0.3) is 0 Å². The number of rotatable bonds is 3. The van der Waals surface area contributed by atoms with E-state index >= 15 is 0 Å². The molecular weight excluding hydrogens is 204 g/mol. The Morgan fingerprint density at radius 1 is 1.56 bits per heavy atom. The van der Waals surface area contributed by atoms with E-state index in [1.54, 1.807) is 6.92 Å². The second-order valence-corrected chi connectivity index (χ2v) is 4.60. The summed E-state index contributed by atoms with van der Waals surface area (Å²) >= 11 is 0. The Hall–Kier alpha value is -1.32. The van der Waals surface area contributed by atoms with Crippen LogP contribution in [-0.2, 0) is 24.2 Å². The number of aromatic nitrogens is 2. The molecule has 4 heteroatoms. The Morgan fingerprint density at radius 2 is 2.31 bits per heavy atom. The maximum Gasteiger partial charge on any atom is 0.306 e. The molecule has 1 aliphatic heterocycles. The molecule has 0 bridgehead atoms. The molecular formula is C12H18N2O2. The Kier molecular flexibility index (Phi) is 2.99. The fourth-order valence-electron chi connectivity index (χ4n) is 2.35. The van der Waals surface area contributed by atoms with Crippen molar-refractivity contribution in [3.8, 4) is 0 Å². The number of carboxylic acid groups (broad SMARTS) is 1. The average molecular weight is 222 g/mol. The molecule has 0 fully saturated rings. The first-order valence-electron chi connectivity index (χ1n) is 5.87. The molecule has 0 saturated heterocycles. The molecule has 1 aromatic rings. The van der Waals surface area contributed by atoms with Gasteiger partial charge in [-0.1, -0.05) is 6.92 Å². The Labute approximate surface area is 95.3 Å². The third kappa shape index (κ3) is 1.96. The minimum Gasteiger partial charge on any atom is -0.481 e. The lowest BCUT2D eigenvalue weighted by molar-refractivity contribution is -0.141. The van der Waals surface area contributed by atoms with E-state index in [4.69, 9.17) is 5.11 Å². The fourth-order valence-corrected chi connectivity index (χ4v) is 2.35. The lowest BCUT2D eigenvalue weighted by Gasteiger charge is -2.16. The maximum atomic E-state index is 10.8. The summed E-state index contributed by atoms with van der Waals surface area (Å²) in [6.07, 6.45) is 4.00. The molecule has 1 aromatic heterocycles. The molecule has 0 radical (unpaired) electrons. The maximum absolute atomic E-state index is 10.8. The number of hydrogen-bond donors (Lipinski definition) is 1. The number of nitrogens with zero attached hydrogens (tertiary/aromatic N) is 2. The van der Waals surface area contributed by atoms with E-state index in [1.165, 1.54) is 18.5 Å². The van der Waals surface area contributed by atoms with Crippen LogP contribution in [0.4, 0.5) is 0 Å². The molecule has 1 aliphatic rings. The highest BCUT2D eigenvalue weighted by Gasteiger charge is 2.21. The molecule has 4 nitrogen and oxygen atoms in total. The monoisotopic (exact) mass is 222 g/mol. The molecule has 0 aromatic carbocycles. The molecule has 88 valence electrons. The molecule has 2 heterocycles.